The average molecular weight is 298 g/mol. The normalized spacial score (nSPS) is 31.6. The van der Waals surface area contributed by atoms with E-state index in [1.807, 2.05) is 0 Å². The lowest BCUT2D eigenvalue weighted by Gasteiger charge is -2.41. The molecule has 4 heteroatoms. The quantitative estimate of drug-likeness (QED) is 0.755. The molecule has 4 nitrogen and oxygen atoms in total. The molecule has 124 valence electrons. The highest BCUT2D eigenvalue weighted by Crippen LogP contribution is 2.43. The maximum atomic E-state index is 9.39. The average Bonchev–Trinajstić information content (AvgIpc) is 2.45. The van der Waals surface area contributed by atoms with E-state index in [1.165, 1.54) is 19.3 Å². The topological polar surface area (TPSA) is 44.7 Å². The first-order valence-corrected chi connectivity index (χ1v) is 8.60. The Morgan fingerprint density at radius 3 is 2.33 bits per heavy atom. The van der Waals surface area contributed by atoms with E-state index < -0.39 is 0 Å². The number of nitrogens with zero attached hydrogens (tertiary/aromatic N) is 1. The Morgan fingerprint density at radius 2 is 1.86 bits per heavy atom. The van der Waals surface area contributed by atoms with Gasteiger partial charge < -0.3 is 15.2 Å². The Bertz CT molecular complexity index is 340. The number of rotatable bonds is 7. The minimum absolute atomic E-state index is 0.131. The highest BCUT2D eigenvalue weighted by Gasteiger charge is 2.54. The Balaban J connectivity index is 2.12. The summed E-state index contributed by atoms with van der Waals surface area (Å²) in [7, 11) is 0. The van der Waals surface area contributed by atoms with Gasteiger partial charge >= 0.3 is 0 Å². The van der Waals surface area contributed by atoms with Crippen LogP contribution in [0.15, 0.2) is 0 Å². The first-order valence-electron chi connectivity index (χ1n) is 8.60. The first-order chi connectivity index (χ1) is 9.81. The molecule has 0 amide bonds. The molecule has 2 rings (SSSR count). The molecule has 1 aliphatic heterocycles. The summed E-state index contributed by atoms with van der Waals surface area (Å²) in [6.45, 7) is 14.0. The number of likely N-dealkylation sites (N-methyl/N-ethyl adjacent to an activating group) is 1. The summed E-state index contributed by atoms with van der Waals surface area (Å²) in [5, 5.41) is 13.0. The van der Waals surface area contributed by atoms with E-state index in [0.29, 0.717) is 18.0 Å². The number of hydrogen-bond donors (Lipinski definition) is 2. The molecule has 0 aromatic heterocycles. The van der Waals surface area contributed by atoms with Crippen LogP contribution in [0.25, 0.3) is 0 Å². The van der Waals surface area contributed by atoms with Gasteiger partial charge in [0.2, 0.25) is 0 Å². The zero-order valence-electron chi connectivity index (χ0n) is 14.5. The standard InChI is InChI=1S/C17H34N2O2/c1-6-18-15-14(16(2,3)21-17(15,4)5)12-19(10-11-20)13-8-7-9-13/h13-15,18,20H,6-12H2,1-5H3. The summed E-state index contributed by atoms with van der Waals surface area (Å²) in [6.07, 6.45) is 3.89. The predicted molar refractivity (Wildman–Crippen MR) is 86.5 cm³/mol. The molecule has 2 atom stereocenters. The molecule has 2 unspecified atom stereocenters. The van der Waals surface area contributed by atoms with Crippen LogP contribution in [0.2, 0.25) is 0 Å². The molecule has 0 aromatic rings. The molecule has 1 saturated heterocycles. The molecular weight excluding hydrogens is 264 g/mol. The van der Waals surface area contributed by atoms with Crippen LogP contribution >= 0.6 is 0 Å². The lowest BCUT2D eigenvalue weighted by atomic mass is 9.81. The minimum atomic E-state index is -0.144. The molecule has 1 heterocycles. The molecule has 1 saturated carbocycles. The van der Waals surface area contributed by atoms with Crippen LogP contribution in [-0.4, -0.2) is 59.5 Å². The Labute approximate surface area is 130 Å². The van der Waals surface area contributed by atoms with Gasteiger partial charge in [0.15, 0.2) is 0 Å². The largest absolute Gasteiger partial charge is 0.395 e. The number of aliphatic hydroxyl groups excluding tert-OH is 1. The van der Waals surface area contributed by atoms with Crippen LogP contribution in [-0.2, 0) is 4.74 Å². The van der Waals surface area contributed by atoms with Crippen molar-refractivity contribution in [2.75, 3.05) is 26.2 Å². The number of hydrogen-bond acceptors (Lipinski definition) is 4. The summed E-state index contributed by atoms with van der Waals surface area (Å²) in [5.41, 5.74) is -0.275. The van der Waals surface area contributed by atoms with E-state index in [-0.39, 0.29) is 17.8 Å². The third-order valence-electron chi connectivity index (χ3n) is 5.40. The number of nitrogens with one attached hydrogen (secondary N) is 1. The molecule has 2 aliphatic rings. The van der Waals surface area contributed by atoms with Crippen LogP contribution in [0.4, 0.5) is 0 Å². The predicted octanol–water partition coefficient (Wildman–Crippen LogP) is 2.01. The van der Waals surface area contributed by atoms with Gasteiger partial charge in [0, 0.05) is 31.1 Å². The molecule has 0 bridgehead atoms. The van der Waals surface area contributed by atoms with Crippen molar-refractivity contribution in [1.29, 1.82) is 0 Å². The van der Waals surface area contributed by atoms with Gasteiger partial charge in [-0.15, -0.1) is 0 Å². The first kappa shape index (κ1) is 17.2. The van der Waals surface area contributed by atoms with Gasteiger partial charge in [0.1, 0.15) is 0 Å². The summed E-state index contributed by atoms with van der Waals surface area (Å²) in [4.78, 5) is 2.49. The molecule has 0 spiro atoms. The number of aliphatic hydroxyl groups is 1. The van der Waals surface area contributed by atoms with Crippen LogP contribution in [0.5, 0.6) is 0 Å². The van der Waals surface area contributed by atoms with Gasteiger partial charge in [0.05, 0.1) is 17.8 Å². The zero-order valence-corrected chi connectivity index (χ0v) is 14.5. The van der Waals surface area contributed by atoms with E-state index in [0.717, 1.165) is 19.6 Å². The van der Waals surface area contributed by atoms with Crippen molar-refractivity contribution in [2.24, 2.45) is 5.92 Å². The molecule has 0 radical (unpaired) electrons. The van der Waals surface area contributed by atoms with Crippen molar-refractivity contribution < 1.29 is 9.84 Å². The molecule has 21 heavy (non-hydrogen) atoms. The third-order valence-corrected chi connectivity index (χ3v) is 5.40. The highest BCUT2D eigenvalue weighted by molar-refractivity contribution is 5.06. The van der Waals surface area contributed by atoms with Crippen molar-refractivity contribution in [2.45, 2.75) is 77.2 Å². The van der Waals surface area contributed by atoms with Gasteiger partial charge in [-0.05, 0) is 47.1 Å². The van der Waals surface area contributed by atoms with Crippen molar-refractivity contribution >= 4 is 0 Å². The van der Waals surface area contributed by atoms with E-state index in [4.69, 9.17) is 4.74 Å². The fraction of sp³-hybridized carbons (Fsp3) is 1.00. The van der Waals surface area contributed by atoms with Crippen molar-refractivity contribution in [1.82, 2.24) is 10.2 Å². The van der Waals surface area contributed by atoms with Crippen molar-refractivity contribution in [3.8, 4) is 0 Å². The van der Waals surface area contributed by atoms with Gasteiger partial charge in [-0.3, -0.25) is 4.90 Å². The molecule has 1 aliphatic carbocycles. The second-order valence-corrected chi connectivity index (χ2v) is 7.75. The van der Waals surface area contributed by atoms with E-state index in [1.54, 1.807) is 0 Å². The maximum absolute atomic E-state index is 9.39. The van der Waals surface area contributed by atoms with Crippen LogP contribution in [0.1, 0.15) is 53.9 Å². The van der Waals surface area contributed by atoms with E-state index in [2.05, 4.69) is 44.8 Å². The molecule has 2 fully saturated rings. The number of ether oxygens (including phenoxy) is 1. The second-order valence-electron chi connectivity index (χ2n) is 7.75. The maximum Gasteiger partial charge on any atom is 0.0790 e. The smallest absolute Gasteiger partial charge is 0.0790 e. The highest BCUT2D eigenvalue weighted by atomic mass is 16.5. The van der Waals surface area contributed by atoms with E-state index in [9.17, 15) is 5.11 Å². The van der Waals surface area contributed by atoms with Crippen LogP contribution in [0.3, 0.4) is 0 Å². The Morgan fingerprint density at radius 1 is 1.19 bits per heavy atom. The van der Waals surface area contributed by atoms with Crippen molar-refractivity contribution in [3.05, 3.63) is 0 Å². The van der Waals surface area contributed by atoms with Gasteiger partial charge in [-0.25, -0.2) is 0 Å². The van der Waals surface area contributed by atoms with Crippen LogP contribution in [0, 0.1) is 5.92 Å². The summed E-state index contributed by atoms with van der Waals surface area (Å²) >= 11 is 0. The van der Waals surface area contributed by atoms with Gasteiger partial charge in [-0.1, -0.05) is 13.3 Å². The fourth-order valence-electron chi connectivity index (χ4n) is 4.19. The van der Waals surface area contributed by atoms with Crippen LogP contribution < -0.4 is 5.32 Å². The fourth-order valence-corrected chi connectivity index (χ4v) is 4.19. The second kappa shape index (κ2) is 6.53. The lowest BCUT2D eigenvalue weighted by molar-refractivity contribution is -0.0812. The molecular formula is C17H34N2O2. The van der Waals surface area contributed by atoms with Gasteiger partial charge in [0.25, 0.3) is 0 Å². The molecule has 2 N–H and O–H groups in total. The third kappa shape index (κ3) is 3.61. The van der Waals surface area contributed by atoms with Gasteiger partial charge in [-0.2, -0.15) is 0 Å². The zero-order chi connectivity index (χ0) is 15.7. The SMILES string of the molecule is CCNC1C(CN(CCO)C2CCC2)C(C)(C)OC1(C)C. The monoisotopic (exact) mass is 298 g/mol. The summed E-state index contributed by atoms with van der Waals surface area (Å²) < 4.78 is 6.37. The summed E-state index contributed by atoms with van der Waals surface area (Å²) in [5.74, 6) is 0.444. The Hall–Kier alpha value is -0.160. The molecule has 0 aromatic carbocycles. The van der Waals surface area contributed by atoms with Crippen molar-refractivity contribution in [3.63, 3.8) is 0 Å². The summed E-state index contributed by atoms with van der Waals surface area (Å²) in [6, 6.07) is 1.03. The van der Waals surface area contributed by atoms with E-state index >= 15 is 0 Å². The minimum Gasteiger partial charge on any atom is -0.395 e. The lowest BCUT2D eigenvalue weighted by Crippen LogP contribution is -2.53. The Kier molecular flexibility index (Phi) is 5.35.